The number of rotatable bonds is 4. The lowest BCUT2D eigenvalue weighted by Crippen LogP contribution is -2.47. The van der Waals surface area contributed by atoms with Crippen molar-refractivity contribution in [2.75, 3.05) is 6.61 Å². The molecular formula is C11H14F2O5. The Balaban J connectivity index is 1.69. The van der Waals surface area contributed by atoms with E-state index in [1.807, 2.05) is 0 Å². The van der Waals surface area contributed by atoms with Crippen LogP contribution in [0.2, 0.25) is 0 Å². The summed E-state index contributed by atoms with van der Waals surface area (Å²) in [5, 5.41) is 17.6. The first-order valence-corrected chi connectivity index (χ1v) is 5.97. The van der Waals surface area contributed by atoms with Crippen LogP contribution >= 0.6 is 0 Å². The van der Waals surface area contributed by atoms with Crippen LogP contribution in [-0.4, -0.2) is 47.2 Å². The molecule has 7 heteroatoms. The average molecular weight is 264 g/mol. The Kier molecular flexibility index (Phi) is 2.62. The number of ether oxygens (including phenoxy) is 2. The number of hydrogen-bond acceptors (Lipinski definition) is 4. The van der Waals surface area contributed by atoms with E-state index in [2.05, 4.69) is 0 Å². The third kappa shape index (κ3) is 1.57. The van der Waals surface area contributed by atoms with Gasteiger partial charge in [0.05, 0.1) is 18.8 Å². The largest absolute Gasteiger partial charge is 0.477 e. The Bertz CT molecular complexity index is 372. The smallest absolute Gasteiger partial charge is 0.391 e. The van der Waals surface area contributed by atoms with Gasteiger partial charge in [-0.05, 0) is 30.6 Å². The summed E-state index contributed by atoms with van der Waals surface area (Å²) < 4.78 is 36.5. The maximum absolute atomic E-state index is 13.1. The average Bonchev–Trinajstić information content (AvgIpc) is 2.88. The molecule has 6 atom stereocenters. The molecule has 1 saturated heterocycles. The SMILES string of the molecule is O=C(O)C(F)(F)C(O)OC1C2CC3COC1C3C2. The Hall–Kier alpha value is -0.790. The molecule has 3 aliphatic rings. The number of halogens is 2. The van der Waals surface area contributed by atoms with E-state index in [0.717, 1.165) is 12.8 Å². The highest BCUT2D eigenvalue weighted by molar-refractivity contribution is 5.75. The molecule has 6 unspecified atom stereocenters. The van der Waals surface area contributed by atoms with Gasteiger partial charge in [0.1, 0.15) is 0 Å². The number of carboxylic acid groups (broad SMARTS) is 1. The van der Waals surface area contributed by atoms with Crippen LogP contribution in [0.25, 0.3) is 0 Å². The topological polar surface area (TPSA) is 76.0 Å². The first-order chi connectivity index (χ1) is 8.41. The summed E-state index contributed by atoms with van der Waals surface area (Å²) in [5.74, 6) is -5.81. The van der Waals surface area contributed by atoms with Crippen molar-refractivity contribution in [3.8, 4) is 0 Å². The van der Waals surface area contributed by atoms with Gasteiger partial charge in [-0.1, -0.05) is 0 Å². The molecule has 18 heavy (non-hydrogen) atoms. The molecule has 2 aliphatic carbocycles. The molecule has 0 aromatic heterocycles. The van der Waals surface area contributed by atoms with Crippen molar-refractivity contribution in [1.82, 2.24) is 0 Å². The zero-order chi connectivity index (χ0) is 13.1. The number of alkyl halides is 2. The minimum absolute atomic E-state index is 0.0896. The van der Waals surface area contributed by atoms with E-state index in [4.69, 9.17) is 14.6 Å². The van der Waals surface area contributed by atoms with E-state index >= 15 is 0 Å². The van der Waals surface area contributed by atoms with Crippen LogP contribution in [0.4, 0.5) is 8.78 Å². The number of carbonyl (C=O) groups is 1. The Morgan fingerprint density at radius 3 is 2.78 bits per heavy atom. The number of hydrogen-bond donors (Lipinski definition) is 2. The number of aliphatic carboxylic acids is 1. The van der Waals surface area contributed by atoms with E-state index in [9.17, 15) is 18.7 Å². The lowest BCUT2D eigenvalue weighted by Gasteiger charge is -2.30. The van der Waals surface area contributed by atoms with Crippen molar-refractivity contribution >= 4 is 5.97 Å². The van der Waals surface area contributed by atoms with E-state index in [0.29, 0.717) is 18.4 Å². The molecule has 3 rings (SSSR count). The summed E-state index contributed by atoms with van der Waals surface area (Å²) >= 11 is 0. The molecule has 0 aromatic rings. The van der Waals surface area contributed by atoms with Gasteiger partial charge in [0.15, 0.2) is 0 Å². The van der Waals surface area contributed by atoms with Gasteiger partial charge in [-0.2, -0.15) is 8.78 Å². The van der Waals surface area contributed by atoms with E-state index in [1.165, 1.54) is 0 Å². The monoisotopic (exact) mass is 264 g/mol. The van der Waals surface area contributed by atoms with Crippen LogP contribution in [-0.2, 0) is 14.3 Å². The lowest BCUT2D eigenvalue weighted by atomic mass is 9.88. The van der Waals surface area contributed by atoms with E-state index in [-0.39, 0.29) is 12.0 Å². The minimum Gasteiger partial charge on any atom is -0.477 e. The Morgan fingerprint density at radius 2 is 2.11 bits per heavy atom. The van der Waals surface area contributed by atoms with Crippen molar-refractivity contribution in [2.24, 2.45) is 17.8 Å². The fourth-order valence-electron chi connectivity index (χ4n) is 3.56. The third-order valence-electron chi connectivity index (χ3n) is 4.38. The molecule has 5 nitrogen and oxygen atoms in total. The highest BCUT2D eigenvalue weighted by atomic mass is 19.3. The Labute approximate surface area is 102 Å². The molecule has 0 radical (unpaired) electrons. The van der Waals surface area contributed by atoms with Crippen molar-refractivity contribution in [2.45, 2.75) is 37.3 Å². The summed E-state index contributed by atoms with van der Waals surface area (Å²) in [7, 11) is 0. The predicted octanol–water partition coefficient (Wildman–Crippen LogP) is 0.465. The number of fused-ring (bicyclic) bond motifs is 1. The highest BCUT2D eigenvalue weighted by Gasteiger charge is 2.60. The fourth-order valence-corrected chi connectivity index (χ4v) is 3.56. The second-order valence-corrected chi connectivity index (χ2v) is 5.33. The van der Waals surface area contributed by atoms with Gasteiger partial charge in [-0.15, -0.1) is 0 Å². The van der Waals surface area contributed by atoms with Crippen molar-refractivity contribution in [3.05, 3.63) is 0 Å². The first kappa shape index (κ1) is 12.3. The standard InChI is InChI=1S/C11H14F2O5/c12-11(13,9(14)15)10(16)18-7-4-1-5-3-17-8(7)6(5)2-4/h4-8,10,16H,1-3H2,(H,14,15). The molecular weight excluding hydrogens is 250 g/mol. The molecule has 0 spiro atoms. The Morgan fingerprint density at radius 1 is 1.39 bits per heavy atom. The molecule has 0 aromatic carbocycles. The number of aliphatic hydroxyl groups excluding tert-OH is 1. The van der Waals surface area contributed by atoms with E-state index in [1.54, 1.807) is 0 Å². The fraction of sp³-hybridized carbons (Fsp3) is 0.909. The van der Waals surface area contributed by atoms with Gasteiger partial charge in [-0.3, -0.25) is 0 Å². The summed E-state index contributed by atoms with van der Waals surface area (Å²) in [6, 6.07) is 0. The maximum Gasteiger partial charge on any atom is 0.391 e. The lowest BCUT2D eigenvalue weighted by molar-refractivity contribution is -0.265. The number of aliphatic hydroxyl groups is 1. The second kappa shape index (κ2) is 3.85. The molecule has 102 valence electrons. The molecule has 3 fully saturated rings. The summed E-state index contributed by atoms with van der Waals surface area (Å²) in [4.78, 5) is 10.3. The second-order valence-electron chi connectivity index (χ2n) is 5.33. The summed E-state index contributed by atoms with van der Waals surface area (Å²) in [5.41, 5.74) is 0. The van der Waals surface area contributed by atoms with Crippen molar-refractivity contribution in [1.29, 1.82) is 0 Å². The van der Waals surface area contributed by atoms with Gasteiger partial charge in [0.25, 0.3) is 0 Å². The number of carboxylic acids is 1. The molecule has 2 N–H and O–H groups in total. The van der Waals surface area contributed by atoms with Gasteiger partial charge >= 0.3 is 11.9 Å². The third-order valence-corrected chi connectivity index (χ3v) is 4.38. The van der Waals surface area contributed by atoms with Gasteiger partial charge in [-0.25, -0.2) is 4.79 Å². The maximum atomic E-state index is 13.1. The predicted molar refractivity (Wildman–Crippen MR) is 52.9 cm³/mol. The molecule has 2 bridgehead atoms. The van der Waals surface area contributed by atoms with E-state index < -0.39 is 24.3 Å². The van der Waals surface area contributed by atoms with Gasteiger partial charge < -0.3 is 19.7 Å². The molecule has 1 aliphatic heterocycles. The van der Waals surface area contributed by atoms with Crippen LogP contribution in [0.15, 0.2) is 0 Å². The van der Waals surface area contributed by atoms with Gasteiger partial charge in [0.2, 0.25) is 6.29 Å². The zero-order valence-electron chi connectivity index (χ0n) is 9.46. The minimum atomic E-state index is -4.29. The summed E-state index contributed by atoms with van der Waals surface area (Å²) in [6.45, 7) is 0.608. The van der Waals surface area contributed by atoms with Crippen LogP contribution in [0.5, 0.6) is 0 Å². The van der Waals surface area contributed by atoms with Crippen LogP contribution in [0.3, 0.4) is 0 Å². The highest BCUT2D eigenvalue weighted by Crippen LogP contribution is 2.55. The van der Waals surface area contributed by atoms with Crippen LogP contribution < -0.4 is 0 Å². The first-order valence-electron chi connectivity index (χ1n) is 5.97. The summed E-state index contributed by atoms with van der Waals surface area (Å²) in [6.07, 6.45) is -1.81. The molecule has 1 heterocycles. The quantitative estimate of drug-likeness (QED) is 0.722. The van der Waals surface area contributed by atoms with Crippen molar-refractivity contribution in [3.63, 3.8) is 0 Å². The van der Waals surface area contributed by atoms with Crippen molar-refractivity contribution < 1.29 is 33.3 Å². The molecule has 0 amide bonds. The van der Waals surface area contributed by atoms with Crippen LogP contribution in [0.1, 0.15) is 12.8 Å². The van der Waals surface area contributed by atoms with Crippen LogP contribution in [0, 0.1) is 17.8 Å². The van der Waals surface area contributed by atoms with Gasteiger partial charge in [0, 0.05) is 0 Å². The normalized spacial score (nSPS) is 43.4. The zero-order valence-corrected chi connectivity index (χ0v) is 9.46. The molecule has 2 saturated carbocycles.